The van der Waals surface area contributed by atoms with Crippen molar-refractivity contribution in [1.29, 1.82) is 0 Å². The van der Waals surface area contributed by atoms with Crippen molar-refractivity contribution in [1.82, 2.24) is 0 Å². The van der Waals surface area contributed by atoms with Gasteiger partial charge in [-0.05, 0) is 25.0 Å². The molecule has 0 amide bonds. The molecule has 2 nitrogen and oxygen atoms in total. The van der Waals surface area contributed by atoms with Crippen molar-refractivity contribution in [3.8, 4) is 5.75 Å². The smallest absolute Gasteiger partial charge is 0.130 e. The first kappa shape index (κ1) is 9.00. The number of aromatic hydroxyl groups is 1. The molecule has 66 valence electrons. The highest BCUT2D eigenvalue weighted by molar-refractivity contribution is 5.33. The lowest BCUT2D eigenvalue weighted by Crippen LogP contribution is -1.93. The molecule has 0 aromatic heterocycles. The summed E-state index contributed by atoms with van der Waals surface area (Å²) in [7, 11) is 0. The highest BCUT2D eigenvalue weighted by Gasteiger charge is 2.05. The van der Waals surface area contributed by atoms with Gasteiger partial charge in [0, 0.05) is 12.2 Å². The summed E-state index contributed by atoms with van der Waals surface area (Å²) in [6.45, 7) is 0.00771. The molecular weight excluding hydrogens is 159 g/mol. The maximum atomic E-state index is 12.9. The van der Waals surface area contributed by atoms with E-state index in [-0.39, 0.29) is 17.9 Å². The molecule has 1 aromatic rings. The summed E-state index contributed by atoms with van der Waals surface area (Å²) >= 11 is 0. The van der Waals surface area contributed by atoms with Gasteiger partial charge in [0.05, 0.1) is 0 Å². The third-order valence-corrected chi connectivity index (χ3v) is 1.68. The summed E-state index contributed by atoms with van der Waals surface area (Å²) in [6.07, 6.45) is 0.837. The first-order valence-corrected chi connectivity index (χ1v) is 3.83. The normalized spacial score (nSPS) is 10.2. The van der Waals surface area contributed by atoms with Gasteiger partial charge in [0.1, 0.15) is 11.6 Å². The van der Waals surface area contributed by atoms with Gasteiger partial charge in [0.2, 0.25) is 0 Å². The minimum absolute atomic E-state index is 0.00771. The van der Waals surface area contributed by atoms with Crippen LogP contribution in [0.2, 0.25) is 0 Å². The molecule has 3 heteroatoms. The number of hydrogen-bond acceptors (Lipinski definition) is 2. The maximum Gasteiger partial charge on any atom is 0.130 e. The van der Waals surface area contributed by atoms with E-state index >= 15 is 0 Å². The second-order valence-corrected chi connectivity index (χ2v) is 2.56. The van der Waals surface area contributed by atoms with Crippen molar-refractivity contribution in [2.45, 2.75) is 12.8 Å². The third-order valence-electron chi connectivity index (χ3n) is 1.68. The van der Waals surface area contributed by atoms with E-state index in [1.807, 2.05) is 0 Å². The van der Waals surface area contributed by atoms with Gasteiger partial charge in [-0.2, -0.15) is 0 Å². The summed E-state index contributed by atoms with van der Waals surface area (Å²) in [5.41, 5.74) is 0.284. The minimum atomic E-state index is -0.413. The van der Waals surface area contributed by atoms with Crippen LogP contribution in [0.3, 0.4) is 0 Å². The quantitative estimate of drug-likeness (QED) is 0.720. The first-order chi connectivity index (χ1) is 5.75. The topological polar surface area (TPSA) is 40.5 Å². The number of phenolic OH excluding ortho intramolecular Hbond substituents is 1. The standard InChI is InChI=1S/C9H11FO2/c10-8-4-1-5-9(12)7(8)3-2-6-11/h1,4-5,11-12H,2-3,6H2. The number of aliphatic hydroxyl groups is 1. The summed E-state index contributed by atoms with van der Waals surface area (Å²) in [5.74, 6) is -0.452. The molecule has 0 spiro atoms. The monoisotopic (exact) mass is 170 g/mol. The molecule has 1 aromatic carbocycles. The van der Waals surface area contributed by atoms with Crippen molar-refractivity contribution in [3.63, 3.8) is 0 Å². The van der Waals surface area contributed by atoms with E-state index < -0.39 is 5.82 Å². The Morgan fingerprint density at radius 3 is 2.67 bits per heavy atom. The Hall–Kier alpha value is -1.09. The zero-order chi connectivity index (χ0) is 8.97. The Balaban J connectivity index is 2.81. The molecule has 0 atom stereocenters. The number of aliphatic hydroxyl groups excluding tert-OH is 1. The SMILES string of the molecule is OCCCc1c(O)cccc1F. The molecule has 0 unspecified atom stereocenters. The molecule has 0 aliphatic rings. The van der Waals surface area contributed by atoms with Gasteiger partial charge in [-0.15, -0.1) is 0 Å². The number of rotatable bonds is 3. The zero-order valence-corrected chi connectivity index (χ0v) is 6.63. The molecule has 0 heterocycles. The van der Waals surface area contributed by atoms with Crippen LogP contribution in [0.4, 0.5) is 4.39 Å². The Morgan fingerprint density at radius 2 is 2.08 bits per heavy atom. The molecule has 0 saturated carbocycles. The molecular formula is C9H11FO2. The Kier molecular flexibility index (Phi) is 3.05. The predicted molar refractivity (Wildman–Crippen MR) is 43.5 cm³/mol. The molecule has 1 rings (SSSR count). The van der Waals surface area contributed by atoms with Crippen LogP contribution < -0.4 is 0 Å². The predicted octanol–water partition coefficient (Wildman–Crippen LogP) is 1.46. The van der Waals surface area contributed by atoms with E-state index in [0.717, 1.165) is 0 Å². The second-order valence-electron chi connectivity index (χ2n) is 2.56. The van der Waals surface area contributed by atoms with Gasteiger partial charge < -0.3 is 10.2 Å². The van der Waals surface area contributed by atoms with Crippen molar-refractivity contribution in [3.05, 3.63) is 29.6 Å². The Labute approximate surface area is 70.3 Å². The van der Waals surface area contributed by atoms with E-state index in [4.69, 9.17) is 5.11 Å². The van der Waals surface area contributed by atoms with Gasteiger partial charge in [-0.3, -0.25) is 0 Å². The van der Waals surface area contributed by atoms with Crippen LogP contribution in [0.15, 0.2) is 18.2 Å². The summed E-state index contributed by atoms with van der Waals surface area (Å²) in [6, 6.07) is 4.19. The van der Waals surface area contributed by atoms with E-state index in [2.05, 4.69) is 0 Å². The largest absolute Gasteiger partial charge is 0.508 e. The van der Waals surface area contributed by atoms with Crippen LogP contribution >= 0.6 is 0 Å². The fourth-order valence-electron chi connectivity index (χ4n) is 1.05. The molecule has 0 aliphatic carbocycles. The fraction of sp³-hybridized carbons (Fsp3) is 0.333. The van der Waals surface area contributed by atoms with Gasteiger partial charge >= 0.3 is 0 Å². The van der Waals surface area contributed by atoms with Crippen molar-refractivity contribution in [2.75, 3.05) is 6.61 Å². The minimum Gasteiger partial charge on any atom is -0.508 e. The van der Waals surface area contributed by atoms with Gasteiger partial charge in [0.25, 0.3) is 0 Å². The van der Waals surface area contributed by atoms with Crippen LogP contribution in [0.25, 0.3) is 0 Å². The van der Waals surface area contributed by atoms with Crippen LogP contribution in [0.5, 0.6) is 5.75 Å². The lowest BCUT2D eigenvalue weighted by molar-refractivity contribution is 0.287. The molecule has 0 radical (unpaired) electrons. The number of benzene rings is 1. The molecule has 12 heavy (non-hydrogen) atoms. The van der Waals surface area contributed by atoms with E-state index in [9.17, 15) is 9.50 Å². The fourth-order valence-corrected chi connectivity index (χ4v) is 1.05. The van der Waals surface area contributed by atoms with Crippen LogP contribution in [-0.2, 0) is 6.42 Å². The van der Waals surface area contributed by atoms with Gasteiger partial charge in [-0.25, -0.2) is 4.39 Å². The molecule has 0 bridgehead atoms. The van der Waals surface area contributed by atoms with Gasteiger partial charge in [0.15, 0.2) is 0 Å². The molecule has 0 fully saturated rings. The Morgan fingerprint density at radius 1 is 1.33 bits per heavy atom. The van der Waals surface area contributed by atoms with E-state index in [1.54, 1.807) is 0 Å². The maximum absolute atomic E-state index is 12.9. The van der Waals surface area contributed by atoms with Crippen LogP contribution in [-0.4, -0.2) is 16.8 Å². The second kappa shape index (κ2) is 4.07. The van der Waals surface area contributed by atoms with Crippen LogP contribution in [0, 0.1) is 5.82 Å². The summed E-state index contributed by atoms with van der Waals surface area (Å²) in [4.78, 5) is 0. The summed E-state index contributed by atoms with van der Waals surface area (Å²) < 4.78 is 12.9. The number of hydrogen-bond donors (Lipinski definition) is 2. The zero-order valence-electron chi connectivity index (χ0n) is 6.63. The van der Waals surface area contributed by atoms with E-state index in [0.29, 0.717) is 12.8 Å². The highest BCUT2D eigenvalue weighted by Crippen LogP contribution is 2.20. The summed E-state index contributed by atoms with van der Waals surface area (Å²) in [5, 5.41) is 17.7. The average Bonchev–Trinajstić information content (AvgIpc) is 2.04. The van der Waals surface area contributed by atoms with Crippen LogP contribution in [0.1, 0.15) is 12.0 Å². The molecule has 0 aliphatic heterocycles. The first-order valence-electron chi connectivity index (χ1n) is 3.83. The number of phenols is 1. The van der Waals surface area contributed by atoms with E-state index in [1.165, 1.54) is 18.2 Å². The highest BCUT2D eigenvalue weighted by atomic mass is 19.1. The average molecular weight is 170 g/mol. The number of halogens is 1. The van der Waals surface area contributed by atoms with Gasteiger partial charge in [-0.1, -0.05) is 6.07 Å². The molecule has 2 N–H and O–H groups in total. The van der Waals surface area contributed by atoms with Crippen molar-refractivity contribution >= 4 is 0 Å². The van der Waals surface area contributed by atoms with Crippen molar-refractivity contribution in [2.24, 2.45) is 0 Å². The molecule has 0 saturated heterocycles. The lowest BCUT2D eigenvalue weighted by Gasteiger charge is -2.03. The third kappa shape index (κ3) is 1.95. The van der Waals surface area contributed by atoms with Crippen molar-refractivity contribution < 1.29 is 14.6 Å². The lowest BCUT2D eigenvalue weighted by atomic mass is 10.1. The Bertz CT molecular complexity index is 240.